The highest BCUT2D eigenvalue weighted by atomic mass is 14.3. The Bertz CT molecular complexity index is 446. The van der Waals surface area contributed by atoms with Gasteiger partial charge in [-0.2, -0.15) is 15.8 Å². The van der Waals surface area contributed by atoms with E-state index < -0.39 is 0 Å². The Morgan fingerprint density at radius 1 is 1.00 bits per heavy atom. The fourth-order valence-corrected chi connectivity index (χ4v) is 1.21. The lowest BCUT2D eigenvalue weighted by molar-refractivity contribution is 1.22. The molecular weight excluding hydrogens is 174 g/mol. The van der Waals surface area contributed by atoms with E-state index in [-0.39, 0.29) is 0 Å². The molecule has 65 valence electrons. The van der Waals surface area contributed by atoms with E-state index in [2.05, 4.69) is 6.92 Å². The Kier molecular flexibility index (Phi) is 2.85. The highest BCUT2D eigenvalue weighted by molar-refractivity contribution is 5.53. The zero-order valence-electron chi connectivity index (χ0n) is 7.41. The van der Waals surface area contributed by atoms with Crippen molar-refractivity contribution < 1.29 is 0 Å². The third-order valence-electron chi connectivity index (χ3n) is 1.87. The van der Waals surface area contributed by atoms with E-state index in [0.717, 1.165) is 0 Å². The number of hydrogen-bond acceptors (Lipinski definition) is 3. The van der Waals surface area contributed by atoms with E-state index in [1.165, 1.54) is 12.1 Å². The van der Waals surface area contributed by atoms with Gasteiger partial charge in [-0.25, -0.2) is 0 Å². The molecule has 0 aromatic heterocycles. The molecule has 0 atom stereocenters. The molecule has 0 fully saturated rings. The quantitative estimate of drug-likeness (QED) is 0.660. The first-order valence-corrected chi connectivity index (χ1v) is 3.93. The van der Waals surface area contributed by atoms with Crippen molar-refractivity contribution in [3.63, 3.8) is 0 Å². The van der Waals surface area contributed by atoms with Crippen molar-refractivity contribution in [2.75, 3.05) is 0 Å². The molecule has 3 nitrogen and oxygen atoms in total. The number of nitriles is 3. The Morgan fingerprint density at radius 2 is 1.50 bits per heavy atom. The van der Waals surface area contributed by atoms with Gasteiger partial charge in [-0.15, -0.1) is 0 Å². The van der Waals surface area contributed by atoms with E-state index in [0.29, 0.717) is 28.7 Å². The van der Waals surface area contributed by atoms with Crippen molar-refractivity contribution >= 4 is 0 Å². The van der Waals surface area contributed by atoms with Crippen LogP contribution >= 0.6 is 0 Å². The summed E-state index contributed by atoms with van der Waals surface area (Å²) in [4.78, 5) is 0. The maximum absolute atomic E-state index is 8.79. The SMILES string of the molecule is [CH2]Cc1c(C#N)cc(C#N)cc1C#N. The van der Waals surface area contributed by atoms with Crippen LogP contribution in [0.2, 0.25) is 0 Å². The van der Waals surface area contributed by atoms with Crippen molar-refractivity contribution in [3.8, 4) is 18.2 Å². The second-order valence-corrected chi connectivity index (χ2v) is 2.64. The molecule has 0 saturated heterocycles. The first kappa shape index (κ1) is 9.78. The van der Waals surface area contributed by atoms with Crippen LogP contribution < -0.4 is 0 Å². The minimum Gasteiger partial charge on any atom is -0.192 e. The van der Waals surface area contributed by atoms with E-state index in [1.54, 1.807) is 0 Å². The summed E-state index contributed by atoms with van der Waals surface area (Å²) in [5.41, 5.74) is 1.65. The van der Waals surface area contributed by atoms with Gasteiger partial charge in [0, 0.05) is 0 Å². The van der Waals surface area contributed by atoms with Gasteiger partial charge < -0.3 is 0 Å². The smallest absolute Gasteiger partial charge is 0.0995 e. The summed E-state index contributed by atoms with van der Waals surface area (Å²) >= 11 is 0. The second kappa shape index (κ2) is 4.08. The summed E-state index contributed by atoms with van der Waals surface area (Å²) in [5.74, 6) is 0. The average molecular weight is 180 g/mol. The largest absolute Gasteiger partial charge is 0.192 e. The molecule has 0 aliphatic heterocycles. The molecule has 1 aromatic carbocycles. The normalized spacial score (nSPS) is 8.43. The zero-order chi connectivity index (χ0) is 10.6. The first-order chi connectivity index (χ1) is 6.76. The second-order valence-electron chi connectivity index (χ2n) is 2.64. The molecule has 0 aliphatic rings. The van der Waals surface area contributed by atoms with Crippen LogP contribution in [0.4, 0.5) is 0 Å². The maximum atomic E-state index is 8.79. The van der Waals surface area contributed by atoms with Gasteiger partial charge in [0.05, 0.1) is 34.9 Å². The summed E-state index contributed by atoms with van der Waals surface area (Å²) < 4.78 is 0. The van der Waals surface area contributed by atoms with E-state index in [9.17, 15) is 0 Å². The molecule has 0 heterocycles. The number of benzene rings is 1. The molecule has 1 rings (SSSR count). The molecule has 0 aliphatic carbocycles. The highest BCUT2D eigenvalue weighted by Gasteiger charge is 2.08. The van der Waals surface area contributed by atoms with Crippen LogP contribution in [0, 0.1) is 40.9 Å². The number of nitrogens with zero attached hydrogens (tertiary/aromatic N) is 3. The minimum atomic E-state index is 0.329. The van der Waals surface area contributed by atoms with Gasteiger partial charge in [0.1, 0.15) is 0 Å². The van der Waals surface area contributed by atoms with Crippen LogP contribution in [-0.2, 0) is 6.42 Å². The van der Waals surface area contributed by atoms with Crippen LogP contribution in [0.3, 0.4) is 0 Å². The monoisotopic (exact) mass is 180 g/mol. The summed E-state index contributed by atoms with van der Waals surface area (Å²) in [7, 11) is 0. The van der Waals surface area contributed by atoms with Crippen LogP contribution in [-0.4, -0.2) is 0 Å². The minimum absolute atomic E-state index is 0.329. The molecule has 0 spiro atoms. The Morgan fingerprint density at radius 3 is 1.79 bits per heavy atom. The summed E-state index contributed by atoms with van der Waals surface area (Å²) in [6.45, 7) is 3.64. The highest BCUT2D eigenvalue weighted by Crippen LogP contribution is 2.16. The van der Waals surface area contributed by atoms with Gasteiger partial charge in [-0.1, -0.05) is 0 Å². The number of rotatable bonds is 1. The first-order valence-electron chi connectivity index (χ1n) is 3.93. The molecule has 0 saturated carbocycles. The van der Waals surface area contributed by atoms with Gasteiger partial charge >= 0.3 is 0 Å². The molecule has 1 aromatic rings. The molecule has 3 heteroatoms. The number of hydrogen-bond donors (Lipinski definition) is 0. The van der Waals surface area contributed by atoms with Gasteiger partial charge in [0.25, 0.3) is 0 Å². The molecule has 0 N–H and O–H groups in total. The van der Waals surface area contributed by atoms with Gasteiger partial charge in [0.2, 0.25) is 0 Å². The van der Waals surface area contributed by atoms with Crippen LogP contribution in [0.15, 0.2) is 12.1 Å². The van der Waals surface area contributed by atoms with Crippen LogP contribution in [0.1, 0.15) is 22.3 Å². The molecular formula is C11H6N3. The summed E-state index contributed by atoms with van der Waals surface area (Å²) in [6, 6.07) is 8.76. The van der Waals surface area contributed by atoms with Crippen molar-refractivity contribution in [2.45, 2.75) is 6.42 Å². The fourth-order valence-electron chi connectivity index (χ4n) is 1.21. The molecule has 0 amide bonds. The Labute approximate surface area is 82.4 Å². The van der Waals surface area contributed by atoms with E-state index in [4.69, 9.17) is 15.8 Å². The third kappa shape index (κ3) is 1.56. The summed E-state index contributed by atoms with van der Waals surface area (Å²) in [6.07, 6.45) is 0.373. The zero-order valence-corrected chi connectivity index (χ0v) is 7.41. The van der Waals surface area contributed by atoms with Gasteiger partial charge in [0.15, 0.2) is 0 Å². The molecule has 14 heavy (non-hydrogen) atoms. The molecule has 1 radical (unpaired) electrons. The lowest BCUT2D eigenvalue weighted by Crippen LogP contribution is -1.94. The van der Waals surface area contributed by atoms with Crippen LogP contribution in [0.5, 0.6) is 0 Å². The van der Waals surface area contributed by atoms with E-state index >= 15 is 0 Å². The average Bonchev–Trinajstić information content (AvgIpc) is 2.26. The maximum Gasteiger partial charge on any atom is 0.0995 e. The predicted molar refractivity (Wildman–Crippen MR) is 49.6 cm³/mol. The van der Waals surface area contributed by atoms with Crippen LogP contribution in [0.25, 0.3) is 0 Å². The van der Waals surface area contributed by atoms with Gasteiger partial charge in [-0.3, -0.25) is 0 Å². The van der Waals surface area contributed by atoms with Crippen molar-refractivity contribution in [3.05, 3.63) is 41.3 Å². The lowest BCUT2D eigenvalue weighted by Gasteiger charge is -2.03. The van der Waals surface area contributed by atoms with E-state index in [1.807, 2.05) is 18.2 Å². The lowest BCUT2D eigenvalue weighted by atomic mass is 9.97. The van der Waals surface area contributed by atoms with Crippen molar-refractivity contribution in [1.82, 2.24) is 0 Å². The predicted octanol–water partition coefficient (Wildman–Crippen LogP) is 1.68. The van der Waals surface area contributed by atoms with Crippen molar-refractivity contribution in [2.24, 2.45) is 0 Å². The Hall–Kier alpha value is -2.31. The van der Waals surface area contributed by atoms with Crippen molar-refractivity contribution in [1.29, 1.82) is 15.8 Å². The third-order valence-corrected chi connectivity index (χ3v) is 1.87. The van der Waals surface area contributed by atoms with Gasteiger partial charge in [-0.05, 0) is 31.0 Å². The summed E-state index contributed by atoms with van der Waals surface area (Å²) in [5, 5.41) is 26.2. The topological polar surface area (TPSA) is 71.4 Å². The molecule has 0 bridgehead atoms. The molecule has 0 unspecified atom stereocenters. The standard InChI is InChI=1S/C11H6N3/c1-2-11-9(6-13)3-8(5-12)4-10(11)7-14/h3-4H,1-2H2. The fraction of sp³-hybridized carbons (Fsp3) is 0.0909. The Balaban J connectivity index is 3.54.